The maximum Gasteiger partial charge on any atom is 0.255 e. The van der Waals surface area contributed by atoms with Gasteiger partial charge in [0, 0.05) is 30.7 Å². The molecule has 1 aliphatic rings. The van der Waals surface area contributed by atoms with Crippen LogP contribution in [0, 0.1) is 5.82 Å². The molecule has 3 aromatic rings. The highest BCUT2D eigenvalue weighted by Gasteiger charge is 2.20. The maximum atomic E-state index is 14.3. The first-order valence-corrected chi connectivity index (χ1v) is 8.25. The molecule has 1 aliphatic heterocycles. The van der Waals surface area contributed by atoms with Gasteiger partial charge >= 0.3 is 0 Å². The van der Waals surface area contributed by atoms with Crippen LogP contribution in [0.15, 0.2) is 55.1 Å². The number of anilines is 3. The molecule has 0 unspecified atom stereocenters. The van der Waals surface area contributed by atoms with Crippen molar-refractivity contribution in [2.75, 3.05) is 29.1 Å². The molecular weight excluding hydrogens is 349 g/mol. The number of carbonyl (C=O) groups excluding carboxylic acids is 2. The van der Waals surface area contributed by atoms with E-state index < -0.39 is 11.7 Å². The highest BCUT2D eigenvalue weighted by atomic mass is 19.1. The lowest BCUT2D eigenvalue weighted by molar-refractivity contribution is -0.115. The van der Waals surface area contributed by atoms with Crippen molar-refractivity contribution >= 4 is 28.9 Å². The summed E-state index contributed by atoms with van der Waals surface area (Å²) >= 11 is 0. The van der Waals surface area contributed by atoms with Crippen LogP contribution in [0.3, 0.4) is 0 Å². The molecule has 7 nitrogen and oxygen atoms in total. The standard InChI is InChI=1S/C19H16FN5O2/c1-24-10-18(26)23-15-8-12(2-4-17(15)24)19(27)22-13-3-5-16(14(20)9-13)25-7-6-21-11-25/h2-9,11H,10H2,1H3,(H,22,27)(H,23,26). The molecular formula is C19H16FN5O2. The van der Waals surface area contributed by atoms with E-state index in [1.807, 2.05) is 7.05 Å². The Morgan fingerprint density at radius 2 is 2.04 bits per heavy atom. The normalized spacial score (nSPS) is 13.1. The average molecular weight is 365 g/mol. The Hall–Kier alpha value is -3.68. The fraction of sp³-hybridized carbons (Fsp3) is 0.105. The number of benzene rings is 2. The molecule has 0 spiro atoms. The number of aromatic nitrogens is 2. The summed E-state index contributed by atoms with van der Waals surface area (Å²) in [7, 11) is 1.81. The monoisotopic (exact) mass is 365 g/mol. The highest BCUT2D eigenvalue weighted by molar-refractivity contribution is 6.07. The van der Waals surface area contributed by atoms with Crippen LogP contribution < -0.4 is 15.5 Å². The van der Waals surface area contributed by atoms with E-state index in [0.29, 0.717) is 22.6 Å². The van der Waals surface area contributed by atoms with Crippen LogP contribution in [0.2, 0.25) is 0 Å². The van der Waals surface area contributed by atoms with Crippen molar-refractivity contribution in [2.24, 2.45) is 0 Å². The molecule has 0 saturated carbocycles. The lowest BCUT2D eigenvalue weighted by atomic mass is 10.1. The molecule has 1 aromatic heterocycles. The summed E-state index contributed by atoms with van der Waals surface area (Å²) in [4.78, 5) is 29.9. The second kappa shape index (κ2) is 6.56. The number of fused-ring (bicyclic) bond motifs is 1. The smallest absolute Gasteiger partial charge is 0.255 e. The van der Waals surface area contributed by atoms with E-state index in [1.54, 1.807) is 52.2 Å². The van der Waals surface area contributed by atoms with E-state index in [-0.39, 0.29) is 12.5 Å². The largest absolute Gasteiger partial charge is 0.364 e. The number of amides is 2. The Balaban J connectivity index is 1.55. The van der Waals surface area contributed by atoms with Crippen molar-refractivity contribution in [3.63, 3.8) is 0 Å². The number of nitrogens with one attached hydrogen (secondary N) is 2. The number of halogens is 1. The lowest BCUT2D eigenvalue weighted by Gasteiger charge is -2.27. The SMILES string of the molecule is CN1CC(=O)Nc2cc(C(=O)Nc3ccc(-n4ccnc4)c(F)c3)ccc21. The van der Waals surface area contributed by atoms with Crippen LogP contribution in [0.1, 0.15) is 10.4 Å². The third kappa shape index (κ3) is 3.24. The van der Waals surface area contributed by atoms with Crippen molar-refractivity contribution in [1.29, 1.82) is 0 Å². The minimum atomic E-state index is -0.481. The Kier molecular flexibility index (Phi) is 4.08. The van der Waals surface area contributed by atoms with Crippen LogP contribution in [0.4, 0.5) is 21.5 Å². The molecule has 0 atom stereocenters. The number of hydrogen-bond donors (Lipinski definition) is 2. The molecule has 0 radical (unpaired) electrons. The zero-order chi connectivity index (χ0) is 19.0. The molecule has 2 aromatic carbocycles. The van der Waals surface area contributed by atoms with Crippen molar-refractivity contribution in [2.45, 2.75) is 0 Å². The number of hydrogen-bond acceptors (Lipinski definition) is 4. The summed E-state index contributed by atoms with van der Waals surface area (Å²) < 4.78 is 15.9. The van der Waals surface area contributed by atoms with Gasteiger partial charge in [-0.2, -0.15) is 0 Å². The zero-order valence-electron chi connectivity index (χ0n) is 14.4. The van der Waals surface area contributed by atoms with Gasteiger partial charge in [-0.15, -0.1) is 0 Å². The molecule has 0 fully saturated rings. The quantitative estimate of drug-likeness (QED) is 0.748. The number of carbonyl (C=O) groups is 2. The summed E-state index contributed by atoms with van der Waals surface area (Å²) in [6.45, 7) is 0.265. The first-order valence-electron chi connectivity index (χ1n) is 8.25. The van der Waals surface area contributed by atoms with Crippen LogP contribution in [0.25, 0.3) is 5.69 Å². The fourth-order valence-electron chi connectivity index (χ4n) is 3.00. The van der Waals surface area contributed by atoms with Gasteiger partial charge in [-0.3, -0.25) is 9.59 Å². The summed E-state index contributed by atoms with van der Waals surface area (Å²) in [5.74, 6) is -1.01. The van der Waals surface area contributed by atoms with E-state index in [1.165, 1.54) is 12.4 Å². The summed E-state index contributed by atoms with van der Waals surface area (Å²) in [5, 5.41) is 5.42. The molecule has 8 heteroatoms. The molecule has 136 valence electrons. The van der Waals surface area contributed by atoms with Gasteiger partial charge in [-0.1, -0.05) is 0 Å². The average Bonchev–Trinajstić information content (AvgIpc) is 3.15. The lowest BCUT2D eigenvalue weighted by Crippen LogP contribution is -2.35. The van der Waals surface area contributed by atoms with Crippen molar-refractivity contribution < 1.29 is 14.0 Å². The molecule has 0 bridgehead atoms. The van der Waals surface area contributed by atoms with Crippen molar-refractivity contribution in [1.82, 2.24) is 9.55 Å². The predicted molar refractivity (Wildman–Crippen MR) is 99.8 cm³/mol. The first-order chi connectivity index (χ1) is 13.0. The second-order valence-electron chi connectivity index (χ2n) is 6.23. The summed E-state index contributed by atoms with van der Waals surface area (Å²) in [6.07, 6.45) is 4.69. The predicted octanol–water partition coefficient (Wildman–Crippen LogP) is 2.65. The second-order valence-corrected chi connectivity index (χ2v) is 6.23. The topological polar surface area (TPSA) is 79.3 Å². The number of nitrogens with zero attached hydrogens (tertiary/aromatic N) is 3. The van der Waals surface area contributed by atoms with Crippen LogP contribution in [-0.2, 0) is 4.79 Å². The minimum absolute atomic E-state index is 0.139. The van der Waals surface area contributed by atoms with Gasteiger partial charge in [-0.25, -0.2) is 9.37 Å². The third-order valence-corrected chi connectivity index (χ3v) is 4.31. The van der Waals surface area contributed by atoms with E-state index in [4.69, 9.17) is 0 Å². The first kappa shape index (κ1) is 16.8. The van der Waals surface area contributed by atoms with E-state index in [9.17, 15) is 14.0 Å². The van der Waals surface area contributed by atoms with Gasteiger partial charge in [0.2, 0.25) is 5.91 Å². The Morgan fingerprint density at radius 1 is 1.22 bits per heavy atom. The number of likely N-dealkylation sites (N-methyl/N-ethyl adjacent to an activating group) is 1. The van der Waals surface area contributed by atoms with Crippen molar-refractivity contribution in [3.8, 4) is 5.69 Å². The van der Waals surface area contributed by atoms with Gasteiger partial charge < -0.3 is 20.1 Å². The molecule has 0 aliphatic carbocycles. The van der Waals surface area contributed by atoms with Crippen LogP contribution in [-0.4, -0.2) is 35.0 Å². The minimum Gasteiger partial charge on any atom is -0.364 e. The Bertz CT molecular complexity index is 1030. The van der Waals surface area contributed by atoms with E-state index in [2.05, 4.69) is 15.6 Å². The third-order valence-electron chi connectivity index (χ3n) is 4.31. The molecule has 2 amide bonds. The van der Waals surface area contributed by atoms with Gasteiger partial charge in [0.1, 0.15) is 5.82 Å². The van der Waals surface area contributed by atoms with Crippen LogP contribution >= 0.6 is 0 Å². The summed E-state index contributed by atoms with van der Waals surface area (Å²) in [5.41, 5.74) is 2.44. The van der Waals surface area contributed by atoms with E-state index in [0.717, 1.165) is 5.69 Å². The zero-order valence-corrected chi connectivity index (χ0v) is 14.4. The highest BCUT2D eigenvalue weighted by Crippen LogP contribution is 2.29. The molecule has 2 heterocycles. The molecule has 27 heavy (non-hydrogen) atoms. The molecule has 4 rings (SSSR count). The van der Waals surface area contributed by atoms with Crippen molar-refractivity contribution in [3.05, 3.63) is 66.5 Å². The number of rotatable bonds is 3. The molecule has 2 N–H and O–H groups in total. The van der Waals surface area contributed by atoms with Gasteiger partial charge in [0.25, 0.3) is 5.91 Å². The van der Waals surface area contributed by atoms with E-state index >= 15 is 0 Å². The Morgan fingerprint density at radius 3 is 2.78 bits per heavy atom. The van der Waals surface area contributed by atoms with Gasteiger partial charge in [0.05, 0.1) is 29.9 Å². The van der Waals surface area contributed by atoms with Gasteiger partial charge in [-0.05, 0) is 36.4 Å². The maximum absolute atomic E-state index is 14.3. The summed E-state index contributed by atoms with van der Waals surface area (Å²) in [6, 6.07) is 9.47. The fourth-order valence-corrected chi connectivity index (χ4v) is 3.00. The Labute approximate surface area is 154 Å². The number of imidazole rings is 1. The molecule has 0 saturated heterocycles. The van der Waals surface area contributed by atoms with Gasteiger partial charge in [0.15, 0.2) is 0 Å². The van der Waals surface area contributed by atoms with Crippen LogP contribution in [0.5, 0.6) is 0 Å².